The molecule has 2 rings (SSSR count). The number of benzene rings is 1. The Balaban J connectivity index is 2.08. The van der Waals surface area contributed by atoms with Crippen molar-refractivity contribution in [2.24, 2.45) is 0 Å². The maximum Gasteiger partial charge on any atom is 0.333 e. The number of nitrogens with one attached hydrogen (secondary N) is 1. The molecule has 0 aliphatic carbocycles. The second-order valence-corrected chi connectivity index (χ2v) is 4.07. The standard InChI is InChI=1S/C11H11N3O4S/c1-17-9(15)6-14(19)11(16)12-10-7-4-2-3-5-8(7)18-13-10/h2-5,19H,6H2,1H3,(H,12,13,16). The van der Waals surface area contributed by atoms with Crippen molar-refractivity contribution in [2.75, 3.05) is 19.0 Å². The average Bonchev–Trinajstić information content (AvgIpc) is 2.82. The van der Waals surface area contributed by atoms with Crippen molar-refractivity contribution in [1.29, 1.82) is 0 Å². The van der Waals surface area contributed by atoms with Gasteiger partial charge < -0.3 is 9.26 Å². The van der Waals surface area contributed by atoms with Crippen LogP contribution in [-0.4, -0.2) is 35.1 Å². The van der Waals surface area contributed by atoms with Crippen LogP contribution in [0.1, 0.15) is 0 Å². The smallest absolute Gasteiger partial charge is 0.333 e. The summed E-state index contributed by atoms with van der Waals surface area (Å²) < 4.78 is 10.3. The molecular weight excluding hydrogens is 270 g/mol. The van der Waals surface area contributed by atoms with E-state index in [9.17, 15) is 9.59 Å². The fourth-order valence-electron chi connectivity index (χ4n) is 1.40. The van der Waals surface area contributed by atoms with Crippen LogP contribution >= 0.6 is 12.8 Å². The van der Waals surface area contributed by atoms with Crippen molar-refractivity contribution in [3.63, 3.8) is 0 Å². The third kappa shape index (κ3) is 2.97. The first kappa shape index (κ1) is 13.2. The van der Waals surface area contributed by atoms with E-state index in [2.05, 4.69) is 28.0 Å². The van der Waals surface area contributed by atoms with Gasteiger partial charge in [-0.3, -0.25) is 14.4 Å². The highest BCUT2D eigenvalue weighted by molar-refractivity contribution is 7.78. The van der Waals surface area contributed by atoms with Crippen molar-refractivity contribution in [1.82, 2.24) is 9.46 Å². The maximum atomic E-state index is 11.8. The molecule has 0 atom stereocenters. The molecule has 0 radical (unpaired) electrons. The van der Waals surface area contributed by atoms with Gasteiger partial charge in [0.2, 0.25) is 0 Å². The number of hydrogen-bond donors (Lipinski definition) is 2. The molecule has 2 amide bonds. The Labute approximate surface area is 114 Å². The van der Waals surface area contributed by atoms with Crippen LogP contribution in [0.2, 0.25) is 0 Å². The summed E-state index contributed by atoms with van der Waals surface area (Å²) in [5, 5.41) is 6.89. The van der Waals surface area contributed by atoms with Gasteiger partial charge in [-0.25, -0.2) is 4.79 Å². The minimum Gasteiger partial charge on any atom is -0.468 e. The average molecular weight is 281 g/mol. The summed E-state index contributed by atoms with van der Waals surface area (Å²) in [6.07, 6.45) is 0. The zero-order chi connectivity index (χ0) is 13.8. The number of hydrogen-bond acceptors (Lipinski definition) is 6. The first-order valence-electron chi connectivity index (χ1n) is 5.30. The lowest BCUT2D eigenvalue weighted by Gasteiger charge is -2.13. The van der Waals surface area contributed by atoms with Crippen LogP contribution in [0.3, 0.4) is 0 Å². The van der Waals surface area contributed by atoms with E-state index < -0.39 is 12.0 Å². The first-order valence-corrected chi connectivity index (χ1v) is 5.70. The van der Waals surface area contributed by atoms with Crippen molar-refractivity contribution in [2.45, 2.75) is 0 Å². The third-order valence-corrected chi connectivity index (χ3v) is 2.67. The largest absolute Gasteiger partial charge is 0.468 e. The number of methoxy groups -OCH3 is 1. The summed E-state index contributed by atoms with van der Waals surface area (Å²) in [6.45, 7) is -0.277. The predicted octanol–water partition coefficient (Wildman–Crippen LogP) is 1.68. The lowest BCUT2D eigenvalue weighted by atomic mass is 10.2. The Hall–Kier alpha value is -2.22. The molecule has 8 heteroatoms. The molecular formula is C11H11N3O4S. The number of esters is 1. The number of urea groups is 1. The van der Waals surface area contributed by atoms with Crippen LogP contribution in [-0.2, 0) is 9.53 Å². The van der Waals surface area contributed by atoms with Gasteiger partial charge in [0.25, 0.3) is 0 Å². The Bertz CT molecular complexity index is 613. The van der Waals surface area contributed by atoms with Gasteiger partial charge in [-0.05, 0) is 12.1 Å². The lowest BCUT2D eigenvalue weighted by molar-refractivity contribution is -0.140. The van der Waals surface area contributed by atoms with Crippen molar-refractivity contribution in [3.05, 3.63) is 24.3 Å². The number of para-hydroxylation sites is 1. The molecule has 19 heavy (non-hydrogen) atoms. The fraction of sp³-hybridized carbons (Fsp3) is 0.182. The Kier molecular flexibility index (Phi) is 3.91. The molecule has 1 heterocycles. The number of fused-ring (bicyclic) bond motifs is 1. The number of anilines is 1. The van der Waals surface area contributed by atoms with Crippen LogP contribution < -0.4 is 5.32 Å². The Morgan fingerprint density at radius 3 is 2.95 bits per heavy atom. The summed E-state index contributed by atoms with van der Waals surface area (Å²) in [6, 6.07) is 6.46. The quantitative estimate of drug-likeness (QED) is 0.660. The van der Waals surface area contributed by atoms with Crippen molar-refractivity contribution >= 4 is 41.6 Å². The highest BCUT2D eigenvalue weighted by Crippen LogP contribution is 2.22. The summed E-state index contributed by atoms with van der Waals surface area (Å²) in [4.78, 5) is 22.8. The van der Waals surface area contributed by atoms with Gasteiger partial charge in [0, 0.05) is 0 Å². The molecule has 1 aromatic heterocycles. The number of amides is 2. The van der Waals surface area contributed by atoms with E-state index in [1.54, 1.807) is 24.3 Å². The molecule has 0 aliphatic rings. The molecule has 1 N–H and O–H groups in total. The minimum atomic E-state index is -0.604. The van der Waals surface area contributed by atoms with E-state index in [0.717, 1.165) is 4.31 Å². The predicted molar refractivity (Wildman–Crippen MR) is 70.7 cm³/mol. The number of carbonyl (C=O) groups excluding carboxylic acids is 2. The molecule has 1 aromatic carbocycles. The zero-order valence-electron chi connectivity index (χ0n) is 9.99. The van der Waals surface area contributed by atoms with Gasteiger partial charge in [-0.2, -0.15) is 0 Å². The van der Waals surface area contributed by atoms with E-state index >= 15 is 0 Å². The molecule has 0 aliphatic heterocycles. The van der Waals surface area contributed by atoms with Gasteiger partial charge in [-0.1, -0.05) is 30.1 Å². The topological polar surface area (TPSA) is 84.7 Å². The van der Waals surface area contributed by atoms with Crippen LogP contribution in [0.5, 0.6) is 0 Å². The SMILES string of the molecule is COC(=O)CN(S)C(=O)Nc1noc2ccccc12. The van der Waals surface area contributed by atoms with Crippen molar-refractivity contribution < 1.29 is 18.8 Å². The van der Waals surface area contributed by atoms with E-state index in [0.29, 0.717) is 11.0 Å². The third-order valence-electron chi connectivity index (χ3n) is 2.34. The molecule has 0 saturated carbocycles. The van der Waals surface area contributed by atoms with Crippen LogP contribution in [0, 0.1) is 0 Å². The summed E-state index contributed by atoms with van der Waals surface area (Å²) in [7, 11) is 1.23. The number of rotatable bonds is 3. The van der Waals surface area contributed by atoms with Gasteiger partial charge in [0.1, 0.15) is 6.54 Å². The summed E-state index contributed by atoms with van der Waals surface area (Å²) in [5.74, 6) is -0.306. The molecule has 7 nitrogen and oxygen atoms in total. The molecule has 0 saturated heterocycles. The second-order valence-electron chi connectivity index (χ2n) is 3.59. The zero-order valence-corrected chi connectivity index (χ0v) is 10.9. The van der Waals surface area contributed by atoms with E-state index in [1.165, 1.54) is 7.11 Å². The number of aromatic nitrogens is 1. The van der Waals surface area contributed by atoms with Gasteiger partial charge in [0.05, 0.1) is 12.5 Å². The monoisotopic (exact) mass is 281 g/mol. The molecule has 0 fully saturated rings. The maximum absolute atomic E-state index is 11.8. The van der Waals surface area contributed by atoms with E-state index in [1.807, 2.05) is 0 Å². The van der Waals surface area contributed by atoms with Gasteiger partial charge >= 0.3 is 12.0 Å². The number of thiol groups is 1. The van der Waals surface area contributed by atoms with Crippen LogP contribution in [0.4, 0.5) is 10.6 Å². The minimum absolute atomic E-state index is 0.268. The molecule has 100 valence electrons. The highest BCUT2D eigenvalue weighted by atomic mass is 32.1. The number of carbonyl (C=O) groups is 2. The second kappa shape index (κ2) is 5.61. The van der Waals surface area contributed by atoms with Crippen LogP contribution in [0.25, 0.3) is 11.0 Å². The molecule has 0 bridgehead atoms. The Morgan fingerprint density at radius 1 is 1.47 bits per heavy atom. The molecule has 2 aromatic rings. The Morgan fingerprint density at radius 2 is 2.21 bits per heavy atom. The molecule has 0 unspecified atom stereocenters. The van der Waals surface area contributed by atoms with Gasteiger partial charge in [0.15, 0.2) is 11.4 Å². The summed E-state index contributed by atoms with van der Waals surface area (Å²) >= 11 is 3.89. The number of ether oxygens (including phenoxy) is 1. The lowest BCUT2D eigenvalue weighted by Crippen LogP contribution is -2.32. The van der Waals surface area contributed by atoms with E-state index in [-0.39, 0.29) is 12.4 Å². The van der Waals surface area contributed by atoms with Crippen LogP contribution in [0.15, 0.2) is 28.8 Å². The van der Waals surface area contributed by atoms with Gasteiger partial charge in [-0.15, -0.1) is 0 Å². The van der Waals surface area contributed by atoms with E-state index in [4.69, 9.17) is 4.52 Å². The fourth-order valence-corrected chi connectivity index (χ4v) is 1.57. The first-order chi connectivity index (χ1) is 9.11. The normalized spacial score (nSPS) is 10.2. The number of nitrogens with zero attached hydrogens (tertiary/aromatic N) is 2. The summed E-state index contributed by atoms with van der Waals surface area (Å²) in [5.41, 5.74) is 0.552. The molecule has 0 spiro atoms. The highest BCUT2D eigenvalue weighted by Gasteiger charge is 2.17. The van der Waals surface area contributed by atoms with Crippen molar-refractivity contribution in [3.8, 4) is 0 Å².